The quantitative estimate of drug-likeness (QED) is 0.659. The SMILES string of the molecule is COCCCCNCCc1ccccc1C(=O)O. The van der Waals surface area contributed by atoms with E-state index in [4.69, 9.17) is 9.84 Å². The first-order valence-corrected chi connectivity index (χ1v) is 6.26. The average molecular weight is 251 g/mol. The van der Waals surface area contributed by atoms with Gasteiger partial charge in [-0.1, -0.05) is 18.2 Å². The van der Waals surface area contributed by atoms with Crippen molar-refractivity contribution in [3.63, 3.8) is 0 Å². The molecule has 0 aliphatic heterocycles. The van der Waals surface area contributed by atoms with Crippen LogP contribution in [0.5, 0.6) is 0 Å². The number of carbonyl (C=O) groups is 1. The van der Waals surface area contributed by atoms with Crippen LogP contribution < -0.4 is 5.32 Å². The molecule has 18 heavy (non-hydrogen) atoms. The Labute approximate surface area is 108 Å². The van der Waals surface area contributed by atoms with Crippen molar-refractivity contribution in [1.82, 2.24) is 5.32 Å². The van der Waals surface area contributed by atoms with Gasteiger partial charge in [0.1, 0.15) is 0 Å². The molecule has 0 aliphatic carbocycles. The van der Waals surface area contributed by atoms with Gasteiger partial charge in [-0.3, -0.25) is 0 Å². The largest absolute Gasteiger partial charge is 0.478 e. The van der Waals surface area contributed by atoms with Crippen LogP contribution in [0.25, 0.3) is 0 Å². The molecule has 100 valence electrons. The van der Waals surface area contributed by atoms with Gasteiger partial charge in [0, 0.05) is 13.7 Å². The van der Waals surface area contributed by atoms with Crippen molar-refractivity contribution in [3.8, 4) is 0 Å². The summed E-state index contributed by atoms with van der Waals surface area (Å²) in [6.45, 7) is 2.54. The van der Waals surface area contributed by atoms with E-state index in [1.54, 1.807) is 19.2 Å². The molecule has 2 N–H and O–H groups in total. The van der Waals surface area contributed by atoms with Crippen LogP contribution in [-0.2, 0) is 11.2 Å². The van der Waals surface area contributed by atoms with Crippen LogP contribution in [0.2, 0.25) is 0 Å². The summed E-state index contributed by atoms with van der Waals surface area (Å²) in [5, 5.41) is 12.3. The Morgan fingerprint density at radius 3 is 2.78 bits per heavy atom. The molecule has 0 spiro atoms. The maximum Gasteiger partial charge on any atom is 0.335 e. The highest BCUT2D eigenvalue weighted by molar-refractivity contribution is 5.89. The minimum atomic E-state index is -0.856. The Bertz CT molecular complexity index is 366. The van der Waals surface area contributed by atoms with E-state index in [9.17, 15) is 4.79 Å². The first-order valence-electron chi connectivity index (χ1n) is 6.26. The van der Waals surface area contributed by atoms with Gasteiger partial charge >= 0.3 is 5.97 Å². The van der Waals surface area contributed by atoms with Crippen molar-refractivity contribution in [1.29, 1.82) is 0 Å². The van der Waals surface area contributed by atoms with Crippen molar-refractivity contribution >= 4 is 5.97 Å². The van der Waals surface area contributed by atoms with E-state index in [-0.39, 0.29) is 0 Å². The van der Waals surface area contributed by atoms with Crippen molar-refractivity contribution < 1.29 is 14.6 Å². The van der Waals surface area contributed by atoms with E-state index in [0.29, 0.717) is 5.56 Å². The number of carboxylic acids is 1. The van der Waals surface area contributed by atoms with Crippen molar-refractivity contribution in [2.45, 2.75) is 19.3 Å². The molecule has 1 rings (SSSR count). The van der Waals surface area contributed by atoms with Gasteiger partial charge in [0.15, 0.2) is 0 Å². The van der Waals surface area contributed by atoms with Gasteiger partial charge in [-0.25, -0.2) is 4.79 Å². The summed E-state index contributed by atoms with van der Waals surface area (Å²) in [6, 6.07) is 7.15. The lowest BCUT2D eigenvalue weighted by molar-refractivity contribution is 0.0695. The molecule has 0 aliphatic rings. The van der Waals surface area contributed by atoms with E-state index in [1.165, 1.54) is 0 Å². The zero-order chi connectivity index (χ0) is 13.2. The van der Waals surface area contributed by atoms with Crippen molar-refractivity contribution in [2.75, 3.05) is 26.8 Å². The highest BCUT2D eigenvalue weighted by Gasteiger charge is 2.07. The lowest BCUT2D eigenvalue weighted by Gasteiger charge is -2.07. The molecule has 0 amide bonds. The number of unbranched alkanes of at least 4 members (excludes halogenated alkanes) is 1. The molecular formula is C14H21NO3. The first-order chi connectivity index (χ1) is 8.75. The van der Waals surface area contributed by atoms with Crippen LogP contribution in [0, 0.1) is 0 Å². The second kappa shape index (κ2) is 8.66. The Morgan fingerprint density at radius 1 is 1.28 bits per heavy atom. The number of hydrogen-bond donors (Lipinski definition) is 2. The fourth-order valence-corrected chi connectivity index (χ4v) is 1.79. The Kier molecular flexibility index (Phi) is 7.06. The second-order valence-corrected chi connectivity index (χ2v) is 4.16. The topological polar surface area (TPSA) is 58.6 Å². The molecule has 0 bridgehead atoms. The monoisotopic (exact) mass is 251 g/mol. The third-order valence-electron chi connectivity index (χ3n) is 2.77. The molecule has 0 saturated carbocycles. The fraction of sp³-hybridized carbons (Fsp3) is 0.500. The molecular weight excluding hydrogens is 230 g/mol. The van der Waals surface area contributed by atoms with E-state index >= 15 is 0 Å². The first kappa shape index (κ1) is 14.7. The van der Waals surface area contributed by atoms with Crippen molar-refractivity contribution in [2.24, 2.45) is 0 Å². The summed E-state index contributed by atoms with van der Waals surface area (Å²) in [5.74, 6) is -0.856. The standard InChI is InChI=1S/C14H21NO3/c1-18-11-5-4-9-15-10-8-12-6-2-3-7-13(12)14(16)17/h2-3,6-7,15H,4-5,8-11H2,1H3,(H,16,17). The molecule has 0 saturated heterocycles. The van der Waals surface area contributed by atoms with E-state index in [1.807, 2.05) is 12.1 Å². The second-order valence-electron chi connectivity index (χ2n) is 4.16. The molecule has 1 aromatic carbocycles. The van der Waals surface area contributed by atoms with Crippen LogP contribution in [-0.4, -0.2) is 37.9 Å². The number of carboxylic acid groups (broad SMARTS) is 1. The van der Waals surface area contributed by atoms with E-state index in [0.717, 1.165) is 44.5 Å². The highest BCUT2D eigenvalue weighted by atomic mass is 16.5. The minimum absolute atomic E-state index is 0.402. The van der Waals surface area contributed by atoms with Gasteiger partial charge in [0.05, 0.1) is 5.56 Å². The molecule has 1 aromatic rings. The summed E-state index contributed by atoms with van der Waals surface area (Å²) in [7, 11) is 1.70. The molecule has 0 fully saturated rings. The predicted octanol–water partition coefficient (Wildman–Crippen LogP) is 1.94. The zero-order valence-corrected chi connectivity index (χ0v) is 10.8. The lowest BCUT2D eigenvalue weighted by atomic mass is 10.0. The van der Waals surface area contributed by atoms with E-state index < -0.39 is 5.97 Å². The Hall–Kier alpha value is -1.39. The molecule has 0 aromatic heterocycles. The van der Waals surface area contributed by atoms with E-state index in [2.05, 4.69) is 5.32 Å². The van der Waals surface area contributed by atoms with Gasteiger partial charge in [-0.15, -0.1) is 0 Å². The minimum Gasteiger partial charge on any atom is -0.478 e. The van der Waals surface area contributed by atoms with Gasteiger partial charge in [-0.05, 0) is 44.0 Å². The number of hydrogen-bond acceptors (Lipinski definition) is 3. The summed E-state index contributed by atoms with van der Waals surface area (Å²) < 4.78 is 4.97. The van der Waals surface area contributed by atoms with Crippen LogP contribution in [0.3, 0.4) is 0 Å². The molecule has 0 atom stereocenters. The van der Waals surface area contributed by atoms with Crippen LogP contribution >= 0.6 is 0 Å². The summed E-state index contributed by atoms with van der Waals surface area (Å²) in [4.78, 5) is 11.0. The molecule has 0 heterocycles. The van der Waals surface area contributed by atoms with Crippen LogP contribution in [0.1, 0.15) is 28.8 Å². The summed E-state index contributed by atoms with van der Waals surface area (Å²) in [6.07, 6.45) is 2.87. The van der Waals surface area contributed by atoms with Crippen molar-refractivity contribution in [3.05, 3.63) is 35.4 Å². The highest BCUT2D eigenvalue weighted by Crippen LogP contribution is 2.08. The van der Waals surface area contributed by atoms with Crippen LogP contribution in [0.4, 0.5) is 0 Å². The molecule has 0 unspecified atom stereocenters. The Balaban J connectivity index is 2.25. The fourth-order valence-electron chi connectivity index (χ4n) is 1.79. The Morgan fingerprint density at radius 2 is 2.06 bits per heavy atom. The zero-order valence-electron chi connectivity index (χ0n) is 10.8. The number of methoxy groups -OCH3 is 1. The van der Waals surface area contributed by atoms with Gasteiger partial charge in [0.25, 0.3) is 0 Å². The number of rotatable bonds is 9. The lowest BCUT2D eigenvalue weighted by Crippen LogP contribution is -2.19. The summed E-state index contributed by atoms with van der Waals surface area (Å²) in [5.41, 5.74) is 1.29. The molecule has 4 nitrogen and oxygen atoms in total. The normalized spacial score (nSPS) is 10.5. The average Bonchev–Trinajstić information content (AvgIpc) is 2.38. The third-order valence-corrected chi connectivity index (χ3v) is 2.77. The predicted molar refractivity (Wildman–Crippen MR) is 71.1 cm³/mol. The molecule has 0 radical (unpaired) electrons. The third kappa shape index (κ3) is 5.29. The molecule has 4 heteroatoms. The van der Waals surface area contributed by atoms with Gasteiger partial charge in [0.2, 0.25) is 0 Å². The summed E-state index contributed by atoms with van der Waals surface area (Å²) >= 11 is 0. The van der Waals surface area contributed by atoms with Gasteiger partial charge < -0.3 is 15.2 Å². The number of nitrogens with one attached hydrogen (secondary N) is 1. The maximum atomic E-state index is 11.0. The number of ether oxygens (including phenoxy) is 1. The smallest absolute Gasteiger partial charge is 0.335 e. The van der Waals surface area contributed by atoms with Gasteiger partial charge in [-0.2, -0.15) is 0 Å². The van der Waals surface area contributed by atoms with Crippen LogP contribution in [0.15, 0.2) is 24.3 Å². The number of benzene rings is 1. The maximum absolute atomic E-state index is 11.0. The number of aromatic carboxylic acids is 1.